The molecule has 0 aliphatic rings. The monoisotopic (exact) mass is 352 g/mol. The quantitative estimate of drug-likeness (QED) is 0.692. The molecule has 2 aromatic rings. The number of nitrogens with zero attached hydrogens (tertiary/aromatic N) is 2. The standard InChI is InChI=1S/C13H10Br2N2/c1-9-2-3-10-5-12(15)7-17-13(10)8-16-6-11(14)4-9/h2-8H,1H3. The van der Waals surface area contributed by atoms with Gasteiger partial charge in [0.05, 0.1) is 11.7 Å². The average Bonchev–Trinajstić information content (AvgIpc) is 2.28. The first-order valence-corrected chi connectivity index (χ1v) is 6.64. The molecule has 0 amide bonds. The van der Waals surface area contributed by atoms with Gasteiger partial charge in [0.25, 0.3) is 0 Å². The number of fused-ring (bicyclic) bond motifs is 1. The third kappa shape index (κ3) is 3.48. The lowest BCUT2D eigenvalue weighted by Crippen LogP contribution is -1.77. The van der Waals surface area contributed by atoms with Crippen LogP contribution < -0.4 is 0 Å². The summed E-state index contributed by atoms with van der Waals surface area (Å²) in [6.07, 6.45) is 5.28. The second kappa shape index (κ2) is 5.56. The van der Waals surface area contributed by atoms with Gasteiger partial charge in [-0.05, 0) is 56.5 Å². The summed E-state index contributed by atoms with van der Waals surface area (Å²) in [5.74, 6) is 0. The Bertz CT molecular complexity index is 610. The zero-order chi connectivity index (χ0) is 12.3. The minimum Gasteiger partial charge on any atom is -0.261 e. The summed E-state index contributed by atoms with van der Waals surface area (Å²) in [5.41, 5.74) is 2.01. The van der Waals surface area contributed by atoms with Gasteiger partial charge in [-0.3, -0.25) is 9.97 Å². The highest BCUT2D eigenvalue weighted by Gasteiger charge is 1.92. The molecule has 2 aromatic heterocycles. The highest BCUT2D eigenvalue weighted by molar-refractivity contribution is 9.10. The molecule has 86 valence electrons. The predicted molar refractivity (Wildman–Crippen MR) is 77.3 cm³/mol. The summed E-state index contributed by atoms with van der Waals surface area (Å²) in [5, 5.41) is 1.04. The maximum absolute atomic E-state index is 4.33. The number of aromatic nitrogens is 2. The first kappa shape index (κ1) is 12.5. The van der Waals surface area contributed by atoms with Crippen molar-refractivity contribution >= 4 is 42.8 Å². The molecule has 2 rings (SSSR count). The molecular formula is C13H10Br2N2. The van der Waals surface area contributed by atoms with Crippen LogP contribution in [0.4, 0.5) is 0 Å². The van der Waals surface area contributed by atoms with Crippen LogP contribution in [-0.2, 0) is 0 Å². The van der Waals surface area contributed by atoms with E-state index < -0.39 is 0 Å². The molecule has 0 fully saturated rings. The minimum absolute atomic E-state index is 0.857. The molecule has 0 bridgehead atoms. The van der Waals surface area contributed by atoms with E-state index in [0.29, 0.717) is 0 Å². The number of pyridine rings is 1. The molecule has 2 heterocycles. The predicted octanol–water partition coefficient (Wildman–Crippen LogP) is 4.59. The van der Waals surface area contributed by atoms with Gasteiger partial charge in [-0.15, -0.1) is 0 Å². The van der Waals surface area contributed by atoms with Gasteiger partial charge in [-0.25, -0.2) is 0 Å². The van der Waals surface area contributed by atoms with Crippen LogP contribution in [-0.4, -0.2) is 9.97 Å². The number of rotatable bonds is 0. The fourth-order valence-corrected chi connectivity index (χ4v) is 2.24. The van der Waals surface area contributed by atoms with E-state index in [1.807, 2.05) is 25.1 Å². The van der Waals surface area contributed by atoms with Gasteiger partial charge in [-0.2, -0.15) is 0 Å². The third-order valence-corrected chi connectivity index (χ3v) is 3.07. The van der Waals surface area contributed by atoms with Crippen molar-refractivity contribution in [3.8, 4) is 0 Å². The van der Waals surface area contributed by atoms with Crippen molar-refractivity contribution in [2.45, 2.75) is 6.92 Å². The molecule has 0 aliphatic carbocycles. The van der Waals surface area contributed by atoms with Crippen molar-refractivity contribution in [1.82, 2.24) is 9.97 Å². The summed E-state index contributed by atoms with van der Waals surface area (Å²) >= 11 is 6.85. The van der Waals surface area contributed by atoms with E-state index in [-0.39, 0.29) is 0 Å². The first-order valence-electron chi connectivity index (χ1n) is 5.06. The molecule has 0 spiro atoms. The van der Waals surface area contributed by atoms with E-state index in [1.165, 1.54) is 0 Å². The molecule has 0 radical (unpaired) electrons. The van der Waals surface area contributed by atoms with Crippen LogP contribution in [0.2, 0.25) is 0 Å². The maximum atomic E-state index is 4.33. The van der Waals surface area contributed by atoms with Crippen LogP contribution in [0, 0.1) is 6.92 Å². The van der Waals surface area contributed by atoms with Crippen molar-refractivity contribution in [1.29, 1.82) is 0 Å². The summed E-state index contributed by atoms with van der Waals surface area (Å²) in [6.45, 7) is 2.04. The molecule has 0 saturated heterocycles. The molecular weight excluding hydrogens is 344 g/mol. The van der Waals surface area contributed by atoms with Crippen LogP contribution in [0.25, 0.3) is 10.9 Å². The highest BCUT2D eigenvalue weighted by atomic mass is 79.9. The third-order valence-electron chi connectivity index (χ3n) is 2.20. The lowest BCUT2D eigenvalue weighted by atomic mass is 10.2. The van der Waals surface area contributed by atoms with Gasteiger partial charge in [-0.1, -0.05) is 12.1 Å². The Balaban J connectivity index is 2.80. The van der Waals surface area contributed by atoms with Gasteiger partial charge >= 0.3 is 0 Å². The molecule has 0 aromatic carbocycles. The van der Waals surface area contributed by atoms with E-state index in [1.54, 1.807) is 18.6 Å². The SMILES string of the molecule is Cc1ccc2cc(Br)cnc2cncc(Br)c1. The summed E-state index contributed by atoms with van der Waals surface area (Å²) in [7, 11) is 0. The van der Waals surface area contributed by atoms with Crippen LogP contribution in [0.3, 0.4) is 0 Å². The van der Waals surface area contributed by atoms with E-state index in [4.69, 9.17) is 0 Å². The number of hydrogen-bond acceptors (Lipinski definition) is 2. The van der Waals surface area contributed by atoms with Gasteiger partial charge in [0, 0.05) is 26.7 Å². The first-order chi connectivity index (χ1) is 8.15. The Labute approximate surface area is 117 Å². The molecule has 0 aliphatic heterocycles. The van der Waals surface area contributed by atoms with Crippen LogP contribution >= 0.6 is 31.9 Å². The Morgan fingerprint density at radius 3 is 2.53 bits per heavy atom. The molecule has 0 atom stereocenters. The second-order valence-corrected chi connectivity index (χ2v) is 5.47. The maximum Gasteiger partial charge on any atom is 0.0885 e. The fraction of sp³-hybridized carbons (Fsp3) is 0.0769. The van der Waals surface area contributed by atoms with Crippen molar-refractivity contribution in [2.75, 3.05) is 0 Å². The van der Waals surface area contributed by atoms with Crippen LogP contribution in [0.1, 0.15) is 5.56 Å². The summed E-state index contributed by atoms with van der Waals surface area (Å²) in [6, 6.07) is 8.14. The Morgan fingerprint density at radius 1 is 0.941 bits per heavy atom. The number of hydrogen-bond donors (Lipinski definition) is 0. The van der Waals surface area contributed by atoms with Gasteiger partial charge in [0.2, 0.25) is 0 Å². The molecule has 0 N–H and O–H groups in total. The topological polar surface area (TPSA) is 25.8 Å². The van der Waals surface area contributed by atoms with Gasteiger partial charge < -0.3 is 0 Å². The van der Waals surface area contributed by atoms with Gasteiger partial charge in [0.15, 0.2) is 0 Å². The number of aryl methyl sites for hydroxylation is 1. The molecule has 0 unspecified atom stereocenters. The van der Waals surface area contributed by atoms with Crippen molar-refractivity contribution in [3.05, 3.63) is 57.4 Å². The lowest BCUT2D eigenvalue weighted by Gasteiger charge is -1.94. The molecule has 0 saturated carbocycles. The van der Waals surface area contributed by atoms with E-state index in [0.717, 1.165) is 25.4 Å². The van der Waals surface area contributed by atoms with E-state index >= 15 is 0 Å². The lowest BCUT2D eigenvalue weighted by molar-refractivity contribution is 1.30. The fourth-order valence-electron chi connectivity index (χ4n) is 1.41. The second-order valence-electron chi connectivity index (χ2n) is 3.64. The van der Waals surface area contributed by atoms with Gasteiger partial charge in [0.1, 0.15) is 0 Å². The summed E-state index contributed by atoms with van der Waals surface area (Å²) in [4.78, 5) is 8.56. The average molecular weight is 354 g/mol. The smallest absolute Gasteiger partial charge is 0.0885 e. The van der Waals surface area contributed by atoms with Crippen LogP contribution in [0.5, 0.6) is 0 Å². The Kier molecular flexibility index (Phi) is 4.07. The Morgan fingerprint density at radius 2 is 1.71 bits per heavy atom. The Hall–Kier alpha value is -1.00. The zero-order valence-electron chi connectivity index (χ0n) is 9.19. The van der Waals surface area contributed by atoms with Crippen LogP contribution in [0.15, 0.2) is 51.8 Å². The van der Waals surface area contributed by atoms with E-state index in [2.05, 4.69) is 47.9 Å². The van der Waals surface area contributed by atoms with E-state index in [9.17, 15) is 0 Å². The largest absolute Gasteiger partial charge is 0.261 e. The summed E-state index contributed by atoms with van der Waals surface area (Å²) < 4.78 is 1.90. The molecule has 17 heavy (non-hydrogen) atoms. The highest BCUT2D eigenvalue weighted by Crippen LogP contribution is 2.15. The normalized spacial score (nSPS) is 10.1. The minimum atomic E-state index is 0.857. The zero-order valence-corrected chi connectivity index (χ0v) is 12.4. The van der Waals surface area contributed by atoms with Crippen molar-refractivity contribution in [3.63, 3.8) is 0 Å². The number of halogens is 2. The molecule has 2 nitrogen and oxygen atoms in total. The van der Waals surface area contributed by atoms with Crippen molar-refractivity contribution < 1.29 is 0 Å². The molecule has 4 heteroatoms. The van der Waals surface area contributed by atoms with Crippen molar-refractivity contribution in [2.24, 2.45) is 0 Å².